The summed E-state index contributed by atoms with van der Waals surface area (Å²) in [6.45, 7) is 0. The van der Waals surface area contributed by atoms with Crippen molar-refractivity contribution in [2.45, 2.75) is 37.8 Å². The lowest BCUT2D eigenvalue weighted by molar-refractivity contribution is -0.383. The zero-order valence-electron chi connectivity index (χ0n) is 10.8. The number of anilines is 1. The number of benzene rings is 1. The van der Waals surface area contributed by atoms with Gasteiger partial charge in [-0.2, -0.15) is 0 Å². The standard InChI is InChI=1S/C12H15N5O3/c13-7-3-1-2-4-8(7)14-9-5-6-10(17(18)19)12-11(9)15-20-16-12/h5-8,14H,1-4,13H2. The number of nitrogens with two attached hydrogens (primary N) is 1. The van der Waals surface area contributed by atoms with E-state index in [0.29, 0.717) is 11.2 Å². The first-order chi connectivity index (χ1) is 9.66. The first-order valence-electron chi connectivity index (χ1n) is 6.58. The van der Waals surface area contributed by atoms with Gasteiger partial charge in [0.05, 0.1) is 10.6 Å². The molecule has 1 aromatic heterocycles. The molecule has 2 unspecified atom stereocenters. The van der Waals surface area contributed by atoms with Crippen molar-refractivity contribution >= 4 is 22.4 Å². The van der Waals surface area contributed by atoms with Crippen LogP contribution in [0.5, 0.6) is 0 Å². The van der Waals surface area contributed by atoms with Crippen molar-refractivity contribution in [3.8, 4) is 0 Å². The topological polar surface area (TPSA) is 120 Å². The van der Waals surface area contributed by atoms with Crippen LogP contribution in [0.1, 0.15) is 25.7 Å². The lowest BCUT2D eigenvalue weighted by Gasteiger charge is -2.30. The molecule has 8 nitrogen and oxygen atoms in total. The summed E-state index contributed by atoms with van der Waals surface area (Å²) in [4.78, 5) is 10.4. The fraction of sp³-hybridized carbons (Fsp3) is 0.500. The minimum Gasteiger partial charge on any atom is -0.379 e. The number of rotatable bonds is 3. The normalized spacial score (nSPS) is 22.9. The van der Waals surface area contributed by atoms with Crippen molar-refractivity contribution < 1.29 is 9.55 Å². The van der Waals surface area contributed by atoms with E-state index in [1.807, 2.05) is 0 Å². The van der Waals surface area contributed by atoms with Gasteiger partial charge < -0.3 is 11.1 Å². The van der Waals surface area contributed by atoms with E-state index in [9.17, 15) is 10.1 Å². The molecule has 8 heteroatoms. The van der Waals surface area contributed by atoms with Gasteiger partial charge in [0.2, 0.25) is 5.52 Å². The number of nitrogens with one attached hydrogen (secondary N) is 1. The molecule has 0 aliphatic heterocycles. The Kier molecular flexibility index (Phi) is 3.23. The van der Waals surface area contributed by atoms with Gasteiger partial charge >= 0.3 is 5.69 Å². The summed E-state index contributed by atoms with van der Waals surface area (Å²) < 4.78 is 4.64. The van der Waals surface area contributed by atoms with Gasteiger partial charge in [-0.15, -0.1) is 0 Å². The van der Waals surface area contributed by atoms with Crippen LogP contribution in [0.25, 0.3) is 11.0 Å². The van der Waals surface area contributed by atoms with Gasteiger partial charge in [-0.1, -0.05) is 12.8 Å². The quantitative estimate of drug-likeness (QED) is 0.648. The van der Waals surface area contributed by atoms with E-state index in [2.05, 4.69) is 20.3 Å². The Balaban J connectivity index is 1.94. The fourth-order valence-corrected chi connectivity index (χ4v) is 2.66. The smallest absolute Gasteiger partial charge is 0.300 e. The van der Waals surface area contributed by atoms with Gasteiger partial charge in [0.1, 0.15) is 0 Å². The van der Waals surface area contributed by atoms with Crippen LogP contribution in [0.2, 0.25) is 0 Å². The van der Waals surface area contributed by atoms with Crippen LogP contribution in [0.3, 0.4) is 0 Å². The Morgan fingerprint density at radius 2 is 2.05 bits per heavy atom. The third-order valence-electron chi connectivity index (χ3n) is 3.75. The van der Waals surface area contributed by atoms with E-state index in [1.54, 1.807) is 6.07 Å². The Morgan fingerprint density at radius 1 is 1.30 bits per heavy atom. The zero-order valence-corrected chi connectivity index (χ0v) is 10.8. The summed E-state index contributed by atoms with van der Waals surface area (Å²) >= 11 is 0. The maximum atomic E-state index is 10.9. The first kappa shape index (κ1) is 12.8. The van der Waals surface area contributed by atoms with Crippen molar-refractivity contribution in [2.75, 3.05) is 5.32 Å². The zero-order chi connectivity index (χ0) is 14.1. The summed E-state index contributed by atoms with van der Waals surface area (Å²) in [7, 11) is 0. The lowest BCUT2D eigenvalue weighted by Crippen LogP contribution is -2.42. The average molecular weight is 277 g/mol. The molecule has 3 N–H and O–H groups in total. The highest BCUT2D eigenvalue weighted by atomic mass is 16.6. The van der Waals surface area contributed by atoms with E-state index in [-0.39, 0.29) is 23.3 Å². The van der Waals surface area contributed by atoms with Crippen LogP contribution in [0.15, 0.2) is 16.8 Å². The van der Waals surface area contributed by atoms with Crippen molar-refractivity contribution in [2.24, 2.45) is 5.73 Å². The minimum absolute atomic E-state index is 0.0776. The van der Waals surface area contributed by atoms with Gasteiger partial charge in [0.25, 0.3) is 0 Å². The second kappa shape index (κ2) is 5.04. The molecule has 1 fully saturated rings. The largest absolute Gasteiger partial charge is 0.379 e. The van der Waals surface area contributed by atoms with Crippen LogP contribution in [0.4, 0.5) is 11.4 Å². The van der Waals surface area contributed by atoms with Crippen LogP contribution in [-0.2, 0) is 0 Å². The molecule has 0 spiro atoms. The molecule has 3 rings (SSSR count). The fourth-order valence-electron chi connectivity index (χ4n) is 2.66. The first-order valence-corrected chi connectivity index (χ1v) is 6.58. The molecule has 0 saturated heterocycles. The highest BCUT2D eigenvalue weighted by Gasteiger charge is 2.25. The summed E-state index contributed by atoms with van der Waals surface area (Å²) in [5.74, 6) is 0. The number of nitro benzene ring substituents is 1. The third kappa shape index (κ3) is 2.18. The SMILES string of the molecule is NC1CCCCC1Nc1ccc([N+](=O)[O-])c2nonc12. The number of non-ortho nitro benzene ring substituents is 1. The Bertz CT molecular complexity index is 641. The average Bonchev–Trinajstić information content (AvgIpc) is 2.90. The van der Waals surface area contributed by atoms with E-state index >= 15 is 0 Å². The van der Waals surface area contributed by atoms with Gasteiger partial charge in [0.15, 0.2) is 5.52 Å². The van der Waals surface area contributed by atoms with Crippen molar-refractivity contribution in [3.05, 3.63) is 22.2 Å². The molecule has 0 amide bonds. The molecular weight excluding hydrogens is 262 g/mol. The summed E-state index contributed by atoms with van der Waals surface area (Å²) in [5, 5.41) is 21.6. The van der Waals surface area contributed by atoms with Crippen molar-refractivity contribution in [1.29, 1.82) is 0 Å². The molecule has 1 aliphatic carbocycles. The van der Waals surface area contributed by atoms with E-state index in [0.717, 1.165) is 25.7 Å². The maximum Gasteiger partial charge on any atom is 0.300 e. The monoisotopic (exact) mass is 277 g/mol. The number of nitrogens with zero attached hydrogens (tertiary/aromatic N) is 3. The Morgan fingerprint density at radius 3 is 2.80 bits per heavy atom. The number of hydrogen-bond acceptors (Lipinski definition) is 7. The third-order valence-corrected chi connectivity index (χ3v) is 3.75. The van der Waals surface area contributed by atoms with E-state index in [1.165, 1.54) is 6.07 Å². The Labute approximate surface area is 114 Å². The van der Waals surface area contributed by atoms with E-state index < -0.39 is 4.92 Å². The predicted molar refractivity (Wildman–Crippen MR) is 72.3 cm³/mol. The van der Waals surface area contributed by atoms with Crippen LogP contribution < -0.4 is 11.1 Å². The predicted octanol–water partition coefficient (Wildman–Crippen LogP) is 1.81. The van der Waals surface area contributed by atoms with Gasteiger partial charge in [-0.05, 0) is 29.2 Å². The number of fused-ring (bicyclic) bond motifs is 1. The van der Waals surface area contributed by atoms with Gasteiger partial charge in [0, 0.05) is 18.2 Å². The van der Waals surface area contributed by atoms with Crippen LogP contribution in [0, 0.1) is 10.1 Å². The van der Waals surface area contributed by atoms with Crippen LogP contribution in [-0.4, -0.2) is 27.3 Å². The number of aromatic nitrogens is 2. The summed E-state index contributed by atoms with van der Waals surface area (Å²) in [6, 6.07) is 3.26. The minimum atomic E-state index is -0.497. The lowest BCUT2D eigenvalue weighted by atomic mass is 9.91. The summed E-state index contributed by atoms with van der Waals surface area (Å²) in [5.41, 5.74) is 7.19. The molecule has 0 radical (unpaired) electrons. The highest BCUT2D eigenvalue weighted by Crippen LogP contribution is 2.30. The van der Waals surface area contributed by atoms with Crippen molar-refractivity contribution in [3.63, 3.8) is 0 Å². The molecular formula is C12H15N5O3. The Hall–Kier alpha value is -2.22. The molecule has 1 heterocycles. The van der Waals surface area contributed by atoms with Gasteiger partial charge in [-0.25, -0.2) is 4.63 Å². The molecule has 1 aliphatic rings. The second-order valence-corrected chi connectivity index (χ2v) is 5.05. The molecule has 2 atom stereocenters. The molecule has 106 valence electrons. The number of hydrogen-bond donors (Lipinski definition) is 2. The molecule has 1 aromatic carbocycles. The second-order valence-electron chi connectivity index (χ2n) is 5.05. The summed E-state index contributed by atoms with van der Waals surface area (Å²) in [6.07, 6.45) is 4.22. The molecule has 0 bridgehead atoms. The molecule has 20 heavy (non-hydrogen) atoms. The highest BCUT2D eigenvalue weighted by molar-refractivity contribution is 5.93. The molecule has 2 aromatic rings. The maximum absolute atomic E-state index is 10.9. The van der Waals surface area contributed by atoms with Gasteiger partial charge in [-0.3, -0.25) is 10.1 Å². The van der Waals surface area contributed by atoms with E-state index in [4.69, 9.17) is 5.73 Å². The van der Waals surface area contributed by atoms with Crippen molar-refractivity contribution in [1.82, 2.24) is 10.3 Å². The number of nitro groups is 1. The van der Waals surface area contributed by atoms with Crippen LogP contribution >= 0.6 is 0 Å². The molecule has 1 saturated carbocycles.